The van der Waals surface area contributed by atoms with E-state index in [0.29, 0.717) is 5.54 Å². The van der Waals surface area contributed by atoms with E-state index in [4.69, 9.17) is 0 Å². The molecule has 1 aliphatic carbocycles. The highest BCUT2D eigenvalue weighted by molar-refractivity contribution is 5.01. The van der Waals surface area contributed by atoms with Crippen LogP contribution in [0.5, 0.6) is 0 Å². The Morgan fingerprint density at radius 2 is 2.11 bits per heavy atom. The molecule has 112 valence electrons. The molecule has 0 bridgehead atoms. The molecule has 2 fully saturated rings. The van der Waals surface area contributed by atoms with Crippen molar-refractivity contribution in [2.24, 2.45) is 11.8 Å². The number of rotatable bonds is 7. The molecule has 19 heavy (non-hydrogen) atoms. The first-order chi connectivity index (χ1) is 9.18. The Balaban J connectivity index is 1.86. The highest BCUT2D eigenvalue weighted by Gasteiger charge is 2.42. The van der Waals surface area contributed by atoms with Gasteiger partial charge in [0.15, 0.2) is 0 Å². The van der Waals surface area contributed by atoms with E-state index < -0.39 is 0 Å². The van der Waals surface area contributed by atoms with Crippen LogP contribution < -0.4 is 5.32 Å². The second-order valence-electron chi connectivity index (χ2n) is 7.12. The fourth-order valence-corrected chi connectivity index (χ4v) is 3.71. The maximum absolute atomic E-state index is 3.84. The van der Waals surface area contributed by atoms with E-state index in [-0.39, 0.29) is 0 Å². The Morgan fingerprint density at radius 1 is 1.32 bits per heavy atom. The fourth-order valence-electron chi connectivity index (χ4n) is 3.71. The average molecular weight is 266 g/mol. The normalized spacial score (nSPS) is 31.1. The van der Waals surface area contributed by atoms with E-state index in [0.717, 1.165) is 11.8 Å². The molecule has 0 aromatic carbocycles. The lowest BCUT2D eigenvalue weighted by Gasteiger charge is -2.35. The van der Waals surface area contributed by atoms with Gasteiger partial charge in [-0.05, 0) is 57.5 Å². The van der Waals surface area contributed by atoms with Crippen molar-refractivity contribution in [2.45, 2.75) is 71.3 Å². The summed E-state index contributed by atoms with van der Waals surface area (Å²) < 4.78 is 0. The Labute approximate surface area is 120 Å². The number of unbranched alkanes of at least 4 members (excludes halogenated alkanes) is 1. The van der Waals surface area contributed by atoms with Crippen LogP contribution in [-0.4, -0.2) is 36.6 Å². The molecule has 0 spiro atoms. The third-order valence-electron chi connectivity index (χ3n) is 5.27. The van der Waals surface area contributed by atoms with Gasteiger partial charge >= 0.3 is 0 Å². The third-order valence-corrected chi connectivity index (χ3v) is 5.27. The lowest BCUT2D eigenvalue weighted by atomic mass is 9.93. The molecule has 1 saturated heterocycles. The predicted octanol–water partition coefficient (Wildman–Crippen LogP) is 3.67. The topological polar surface area (TPSA) is 15.3 Å². The van der Waals surface area contributed by atoms with Gasteiger partial charge < -0.3 is 10.2 Å². The van der Waals surface area contributed by atoms with E-state index in [1.807, 2.05) is 0 Å². The van der Waals surface area contributed by atoms with Gasteiger partial charge in [0.1, 0.15) is 0 Å². The maximum Gasteiger partial charge on any atom is 0.0308 e. The van der Waals surface area contributed by atoms with Crippen molar-refractivity contribution in [1.29, 1.82) is 0 Å². The van der Waals surface area contributed by atoms with Crippen LogP contribution in [0, 0.1) is 11.8 Å². The molecule has 1 N–H and O–H groups in total. The summed E-state index contributed by atoms with van der Waals surface area (Å²) in [5, 5.41) is 3.84. The van der Waals surface area contributed by atoms with Crippen LogP contribution in [0.15, 0.2) is 0 Å². The lowest BCUT2D eigenvalue weighted by molar-refractivity contribution is 0.171. The van der Waals surface area contributed by atoms with Gasteiger partial charge in [-0.3, -0.25) is 0 Å². The molecule has 1 saturated carbocycles. The SMILES string of the molecule is CCCCC(CC)CN1CCCNC(C)(C2CC2)C1. The van der Waals surface area contributed by atoms with Gasteiger partial charge in [0.25, 0.3) is 0 Å². The molecule has 0 aromatic rings. The first kappa shape index (κ1) is 15.3. The Kier molecular flexibility index (Phi) is 5.70. The number of nitrogens with zero attached hydrogens (tertiary/aromatic N) is 1. The second-order valence-corrected chi connectivity index (χ2v) is 7.12. The van der Waals surface area contributed by atoms with Gasteiger partial charge in [-0.1, -0.05) is 33.1 Å². The quantitative estimate of drug-likeness (QED) is 0.756. The number of nitrogens with one attached hydrogen (secondary N) is 1. The van der Waals surface area contributed by atoms with Gasteiger partial charge in [0.2, 0.25) is 0 Å². The van der Waals surface area contributed by atoms with E-state index in [2.05, 4.69) is 31.0 Å². The number of hydrogen-bond acceptors (Lipinski definition) is 2. The molecule has 2 unspecified atom stereocenters. The first-order valence-corrected chi connectivity index (χ1v) is 8.65. The van der Waals surface area contributed by atoms with Crippen LogP contribution >= 0.6 is 0 Å². The summed E-state index contributed by atoms with van der Waals surface area (Å²) in [4.78, 5) is 2.77. The monoisotopic (exact) mass is 266 g/mol. The highest BCUT2D eigenvalue weighted by atomic mass is 15.2. The van der Waals surface area contributed by atoms with E-state index in [1.165, 1.54) is 71.1 Å². The first-order valence-electron chi connectivity index (χ1n) is 8.65. The molecule has 2 atom stereocenters. The molecule has 1 heterocycles. The van der Waals surface area contributed by atoms with Crippen molar-refractivity contribution in [3.8, 4) is 0 Å². The van der Waals surface area contributed by atoms with Gasteiger partial charge in [0.05, 0.1) is 0 Å². The molecule has 0 amide bonds. The largest absolute Gasteiger partial charge is 0.310 e. The highest BCUT2D eigenvalue weighted by Crippen LogP contribution is 2.40. The van der Waals surface area contributed by atoms with Crippen LogP contribution in [0.1, 0.15) is 65.7 Å². The van der Waals surface area contributed by atoms with Crippen molar-refractivity contribution in [2.75, 3.05) is 26.2 Å². The molecule has 1 aliphatic heterocycles. The molecule has 2 aliphatic rings. The van der Waals surface area contributed by atoms with Gasteiger partial charge in [-0.2, -0.15) is 0 Å². The zero-order chi connectivity index (χ0) is 13.7. The molecule has 2 rings (SSSR count). The third kappa shape index (κ3) is 4.46. The van der Waals surface area contributed by atoms with Gasteiger partial charge in [-0.15, -0.1) is 0 Å². The van der Waals surface area contributed by atoms with E-state index in [1.54, 1.807) is 0 Å². The summed E-state index contributed by atoms with van der Waals surface area (Å²) in [7, 11) is 0. The standard InChI is InChI=1S/C17H34N2/c1-4-6-8-15(5-2)13-19-12-7-11-18-17(3,14-19)16-9-10-16/h15-16,18H,4-14H2,1-3H3. The maximum atomic E-state index is 3.84. The smallest absolute Gasteiger partial charge is 0.0308 e. The molecule has 2 heteroatoms. The molecular weight excluding hydrogens is 232 g/mol. The fraction of sp³-hybridized carbons (Fsp3) is 1.00. The predicted molar refractivity (Wildman–Crippen MR) is 83.5 cm³/mol. The van der Waals surface area contributed by atoms with Crippen LogP contribution in [0.3, 0.4) is 0 Å². The van der Waals surface area contributed by atoms with Crippen molar-refractivity contribution in [1.82, 2.24) is 10.2 Å². The summed E-state index contributed by atoms with van der Waals surface area (Å²) in [6.07, 6.45) is 9.75. The van der Waals surface area contributed by atoms with Gasteiger partial charge in [-0.25, -0.2) is 0 Å². The minimum absolute atomic E-state index is 0.402. The van der Waals surface area contributed by atoms with E-state index >= 15 is 0 Å². The summed E-state index contributed by atoms with van der Waals surface area (Å²) in [6, 6.07) is 0. The van der Waals surface area contributed by atoms with Crippen molar-refractivity contribution >= 4 is 0 Å². The van der Waals surface area contributed by atoms with Crippen LogP contribution in [-0.2, 0) is 0 Å². The van der Waals surface area contributed by atoms with E-state index in [9.17, 15) is 0 Å². The Hall–Kier alpha value is -0.0800. The van der Waals surface area contributed by atoms with Crippen molar-refractivity contribution in [3.63, 3.8) is 0 Å². The Morgan fingerprint density at radius 3 is 2.74 bits per heavy atom. The zero-order valence-electron chi connectivity index (χ0n) is 13.4. The Bertz CT molecular complexity index is 262. The summed E-state index contributed by atoms with van der Waals surface area (Å²) in [5.74, 6) is 1.87. The molecular formula is C17H34N2. The van der Waals surface area contributed by atoms with Gasteiger partial charge in [0, 0.05) is 18.6 Å². The minimum Gasteiger partial charge on any atom is -0.310 e. The molecule has 0 radical (unpaired) electrons. The van der Waals surface area contributed by atoms with Crippen LogP contribution in [0.2, 0.25) is 0 Å². The summed E-state index contributed by atoms with van der Waals surface area (Å²) in [6.45, 7) is 12.3. The average Bonchev–Trinajstić information content (AvgIpc) is 3.22. The summed E-state index contributed by atoms with van der Waals surface area (Å²) in [5.41, 5.74) is 0.402. The second kappa shape index (κ2) is 7.08. The molecule has 2 nitrogen and oxygen atoms in total. The van der Waals surface area contributed by atoms with Crippen LogP contribution in [0.25, 0.3) is 0 Å². The van der Waals surface area contributed by atoms with Crippen molar-refractivity contribution < 1.29 is 0 Å². The molecule has 0 aromatic heterocycles. The van der Waals surface area contributed by atoms with Crippen molar-refractivity contribution in [3.05, 3.63) is 0 Å². The number of hydrogen-bond donors (Lipinski definition) is 1. The summed E-state index contributed by atoms with van der Waals surface area (Å²) >= 11 is 0. The van der Waals surface area contributed by atoms with Crippen LogP contribution in [0.4, 0.5) is 0 Å². The lowest BCUT2D eigenvalue weighted by Crippen LogP contribution is -2.51. The zero-order valence-corrected chi connectivity index (χ0v) is 13.4. The minimum atomic E-state index is 0.402.